The van der Waals surface area contributed by atoms with E-state index in [1.54, 1.807) is 36.4 Å². The molecule has 0 atom stereocenters. The Hall–Kier alpha value is -2.11. The van der Waals surface area contributed by atoms with Crippen molar-refractivity contribution >= 4 is 34.8 Å². The van der Waals surface area contributed by atoms with Gasteiger partial charge in [-0.25, -0.2) is 0 Å². The Morgan fingerprint density at radius 2 is 1.95 bits per heavy atom. The predicted molar refractivity (Wildman–Crippen MR) is 86.5 cm³/mol. The number of benzene rings is 2. The van der Waals surface area contributed by atoms with Gasteiger partial charge in [0.15, 0.2) is 5.11 Å². The highest BCUT2D eigenvalue weighted by molar-refractivity contribution is 7.80. The standard InChI is InChI=1S/C15H13ClN2O2S/c16-12-6-4-10(5-7-12)9-20-13-3-1-2-11(8-13)14(19)18-15(17)21/h1-8H,9H2,(H3,17,18,19,21). The van der Waals surface area contributed by atoms with Crippen LogP contribution in [-0.4, -0.2) is 11.0 Å². The lowest BCUT2D eigenvalue weighted by molar-refractivity contribution is 0.0977. The summed E-state index contributed by atoms with van der Waals surface area (Å²) in [5, 5.41) is 2.98. The minimum absolute atomic E-state index is 0.0625. The molecule has 3 N–H and O–H groups in total. The van der Waals surface area contributed by atoms with Gasteiger partial charge in [-0.15, -0.1) is 0 Å². The minimum atomic E-state index is -0.362. The van der Waals surface area contributed by atoms with E-state index in [-0.39, 0.29) is 11.0 Å². The zero-order valence-corrected chi connectivity index (χ0v) is 12.6. The molecule has 0 saturated carbocycles. The van der Waals surface area contributed by atoms with Gasteiger partial charge in [0.2, 0.25) is 0 Å². The van der Waals surface area contributed by atoms with Gasteiger partial charge in [-0.3, -0.25) is 10.1 Å². The van der Waals surface area contributed by atoms with E-state index in [4.69, 9.17) is 22.1 Å². The van der Waals surface area contributed by atoms with E-state index in [0.29, 0.717) is 22.9 Å². The maximum atomic E-state index is 11.8. The van der Waals surface area contributed by atoms with Crippen LogP contribution in [0.2, 0.25) is 5.02 Å². The van der Waals surface area contributed by atoms with Crippen molar-refractivity contribution in [2.45, 2.75) is 6.61 Å². The van der Waals surface area contributed by atoms with Crippen molar-refractivity contribution in [2.75, 3.05) is 0 Å². The Labute approximate surface area is 132 Å². The summed E-state index contributed by atoms with van der Waals surface area (Å²) in [5.41, 5.74) is 6.68. The lowest BCUT2D eigenvalue weighted by Crippen LogP contribution is -2.34. The van der Waals surface area contributed by atoms with Gasteiger partial charge in [0.1, 0.15) is 12.4 Å². The van der Waals surface area contributed by atoms with Crippen molar-refractivity contribution in [1.82, 2.24) is 5.32 Å². The van der Waals surface area contributed by atoms with Crippen molar-refractivity contribution in [3.8, 4) is 5.75 Å². The summed E-state index contributed by atoms with van der Waals surface area (Å²) in [7, 11) is 0. The van der Waals surface area contributed by atoms with Crippen molar-refractivity contribution in [3.63, 3.8) is 0 Å². The predicted octanol–water partition coefficient (Wildman–Crippen LogP) is 2.89. The quantitative estimate of drug-likeness (QED) is 0.850. The first-order chi connectivity index (χ1) is 10.0. The summed E-state index contributed by atoms with van der Waals surface area (Å²) in [5.74, 6) is 0.222. The van der Waals surface area contributed by atoms with Gasteiger partial charge in [-0.1, -0.05) is 29.8 Å². The van der Waals surface area contributed by atoms with E-state index in [1.165, 1.54) is 0 Å². The average molecular weight is 321 g/mol. The average Bonchev–Trinajstić information content (AvgIpc) is 2.46. The fourth-order valence-electron chi connectivity index (χ4n) is 1.66. The molecule has 108 valence electrons. The SMILES string of the molecule is NC(=S)NC(=O)c1cccc(OCc2ccc(Cl)cc2)c1. The number of thiocarbonyl (C=S) groups is 1. The third-order valence-electron chi connectivity index (χ3n) is 2.65. The van der Waals surface area contributed by atoms with Crippen LogP contribution in [0.5, 0.6) is 5.75 Å². The molecule has 0 bridgehead atoms. The van der Waals surface area contributed by atoms with Gasteiger partial charge in [0, 0.05) is 10.6 Å². The van der Waals surface area contributed by atoms with Gasteiger partial charge < -0.3 is 10.5 Å². The van der Waals surface area contributed by atoms with Crippen molar-refractivity contribution in [2.24, 2.45) is 5.73 Å². The van der Waals surface area contributed by atoms with E-state index < -0.39 is 0 Å². The van der Waals surface area contributed by atoms with E-state index in [0.717, 1.165) is 5.56 Å². The van der Waals surface area contributed by atoms with Gasteiger partial charge in [-0.05, 0) is 48.1 Å². The highest BCUT2D eigenvalue weighted by Crippen LogP contribution is 2.16. The molecule has 1 amide bonds. The molecule has 2 rings (SSSR count). The first kappa shape index (κ1) is 15.3. The molecule has 4 nitrogen and oxygen atoms in total. The number of nitrogens with one attached hydrogen (secondary N) is 1. The third-order valence-corrected chi connectivity index (χ3v) is 3.01. The summed E-state index contributed by atoms with van der Waals surface area (Å²) >= 11 is 10.5. The fourth-order valence-corrected chi connectivity index (χ4v) is 1.88. The van der Waals surface area contributed by atoms with Crippen LogP contribution < -0.4 is 15.8 Å². The molecule has 2 aromatic rings. The summed E-state index contributed by atoms with van der Waals surface area (Å²) in [6.45, 7) is 0.386. The molecule has 0 heterocycles. The van der Waals surface area contributed by atoms with Gasteiger partial charge >= 0.3 is 0 Å². The van der Waals surface area contributed by atoms with Crippen LogP contribution >= 0.6 is 23.8 Å². The number of carbonyl (C=O) groups is 1. The van der Waals surface area contributed by atoms with Crippen LogP contribution in [0, 0.1) is 0 Å². The number of hydrogen-bond donors (Lipinski definition) is 2. The first-order valence-electron chi connectivity index (χ1n) is 6.12. The summed E-state index contributed by atoms with van der Waals surface area (Å²) in [6, 6.07) is 14.1. The Balaban J connectivity index is 2.02. The molecule has 0 aliphatic heterocycles. The number of hydrogen-bond acceptors (Lipinski definition) is 3. The maximum Gasteiger partial charge on any atom is 0.257 e. The number of carbonyl (C=O) groups excluding carboxylic acids is 1. The molecule has 0 saturated heterocycles. The molecule has 0 radical (unpaired) electrons. The topological polar surface area (TPSA) is 64.3 Å². The van der Waals surface area contributed by atoms with E-state index >= 15 is 0 Å². The second-order valence-corrected chi connectivity index (χ2v) is 5.14. The second kappa shape index (κ2) is 7.06. The molecular weight excluding hydrogens is 308 g/mol. The molecule has 0 aromatic heterocycles. The number of ether oxygens (including phenoxy) is 1. The first-order valence-corrected chi connectivity index (χ1v) is 6.91. The zero-order valence-electron chi connectivity index (χ0n) is 11.0. The molecule has 2 aromatic carbocycles. The Morgan fingerprint density at radius 1 is 1.24 bits per heavy atom. The minimum Gasteiger partial charge on any atom is -0.489 e. The Kier molecular flexibility index (Phi) is 5.14. The molecule has 0 fully saturated rings. The molecule has 6 heteroatoms. The maximum absolute atomic E-state index is 11.8. The molecule has 0 aliphatic rings. The number of halogens is 1. The summed E-state index contributed by atoms with van der Waals surface area (Å²) in [6.07, 6.45) is 0. The van der Waals surface area contributed by atoms with Crippen LogP contribution in [0.25, 0.3) is 0 Å². The lowest BCUT2D eigenvalue weighted by Gasteiger charge is -2.08. The normalized spacial score (nSPS) is 9.95. The van der Waals surface area contributed by atoms with E-state index in [9.17, 15) is 4.79 Å². The lowest BCUT2D eigenvalue weighted by atomic mass is 10.2. The van der Waals surface area contributed by atoms with Crippen LogP contribution in [0.4, 0.5) is 0 Å². The van der Waals surface area contributed by atoms with Crippen LogP contribution in [0.3, 0.4) is 0 Å². The summed E-state index contributed by atoms with van der Waals surface area (Å²) in [4.78, 5) is 11.8. The largest absolute Gasteiger partial charge is 0.489 e. The van der Waals surface area contributed by atoms with Gasteiger partial charge in [0.25, 0.3) is 5.91 Å². The number of nitrogens with two attached hydrogens (primary N) is 1. The highest BCUT2D eigenvalue weighted by atomic mass is 35.5. The highest BCUT2D eigenvalue weighted by Gasteiger charge is 2.07. The van der Waals surface area contributed by atoms with Crippen LogP contribution in [-0.2, 0) is 6.61 Å². The molecule has 0 aliphatic carbocycles. The fraction of sp³-hybridized carbons (Fsp3) is 0.0667. The monoisotopic (exact) mass is 320 g/mol. The summed E-state index contributed by atoms with van der Waals surface area (Å²) < 4.78 is 5.64. The number of amides is 1. The van der Waals surface area contributed by atoms with E-state index in [1.807, 2.05) is 12.1 Å². The van der Waals surface area contributed by atoms with Crippen molar-refractivity contribution in [3.05, 3.63) is 64.7 Å². The van der Waals surface area contributed by atoms with Crippen LogP contribution in [0.15, 0.2) is 48.5 Å². The Bertz CT molecular complexity index is 659. The smallest absolute Gasteiger partial charge is 0.257 e. The number of rotatable bonds is 4. The van der Waals surface area contributed by atoms with Crippen LogP contribution in [0.1, 0.15) is 15.9 Å². The molecule has 0 spiro atoms. The van der Waals surface area contributed by atoms with Crippen molar-refractivity contribution < 1.29 is 9.53 Å². The molecular formula is C15H13ClN2O2S. The molecule has 21 heavy (non-hydrogen) atoms. The van der Waals surface area contributed by atoms with E-state index in [2.05, 4.69) is 17.5 Å². The second-order valence-electron chi connectivity index (χ2n) is 4.26. The van der Waals surface area contributed by atoms with Gasteiger partial charge in [0.05, 0.1) is 0 Å². The Morgan fingerprint density at radius 3 is 2.62 bits per heavy atom. The third kappa shape index (κ3) is 4.73. The van der Waals surface area contributed by atoms with Crippen molar-refractivity contribution in [1.29, 1.82) is 0 Å². The zero-order chi connectivity index (χ0) is 15.2. The molecule has 0 unspecified atom stereocenters. The van der Waals surface area contributed by atoms with Gasteiger partial charge in [-0.2, -0.15) is 0 Å².